The number of amides is 1. The lowest BCUT2D eigenvalue weighted by Crippen LogP contribution is -2.44. The number of guanidine groups is 1. The Hall–Kier alpha value is -1.06. The van der Waals surface area contributed by atoms with E-state index in [4.69, 9.17) is 5.73 Å². The van der Waals surface area contributed by atoms with Gasteiger partial charge in [0.2, 0.25) is 5.91 Å². The van der Waals surface area contributed by atoms with Crippen LogP contribution in [0.4, 0.5) is 0 Å². The van der Waals surface area contributed by atoms with Crippen LogP contribution in [0.15, 0.2) is 4.99 Å². The molecule has 1 amide bonds. The molecule has 0 saturated heterocycles. The first kappa shape index (κ1) is 6.07. The van der Waals surface area contributed by atoms with Crippen LogP contribution < -0.4 is 11.1 Å². The van der Waals surface area contributed by atoms with Gasteiger partial charge in [-0.1, -0.05) is 6.92 Å². The van der Waals surface area contributed by atoms with Crippen LogP contribution in [0.2, 0.25) is 0 Å². The van der Waals surface area contributed by atoms with Crippen LogP contribution in [0.5, 0.6) is 0 Å². The first-order chi connectivity index (χ1) is 4.20. The summed E-state index contributed by atoms with van der Waals surface area (Å²) in [5.41, 5.74) is 5.21. The fraction of sp³-hybridized carbons (Fsp3) is 0.600. The van der Waals surface area contributed by atoms with E-state index in [-0.39, 0.29) is 17.8 Å². The Balaban J connectivity index is 2.65. The topological polar surface area (TPSA) is 67.5 Å². The first-order valence-corrected chi connectivity index (χ1v) is 2.81. The third-order valence-corrected chi connectivity index (χ3v) is 1.23. The van der Waals surface area contributed by atoms with Crippen molar-refractivity contribution < 1.29 is 4.79 Å². The van der Waals surface area contributed by atoms with Gasteiger partial charge in [0, 0.05) is 0 Å². The highest BCUT2D eigenvalue weighted by Gasteiger charge is 2.16. The fourth-order valence-electron chi connectivity index (χ4n) is 0.607. The molecule has 4 heteroatoms. The molecule has 50 valence electrons. The van der Waals surface area contributed by atoms with Crippen molar-refractivity contribution in [1.29, 1.82) is 0 Å². The summed E-state index contributed by atoms with van der Waals surface area (Å²) in [6.07, 6.45) is 0. The molecule has 3 N–H and O–H groups in total. The molecule has 0 spiro atoms. The second kappa shape index (κ2) is 2.05. The Labute approximate surface area is 53.1 Å². The molecule has 0 fully saturated rings. The normalized spacial score (nSPS) is 27.0. The van der Waals surface area contributed by atoms with Crippen LogP contribution >= 0.6 is 0 Å². The number of hydrogen-bond donors (Lipinski definition) is 2. The molecule has 0 saturated carbocycles. The predicted octanol–water partition coefficient (Wildman–Crippen LogP) is -0.933. The Morgan fingerprint density at radius 3 is 3.00 bits per heavy atom. The highest BCUT2D eigenvalue weighted by atomic mass is 16.2. The molecule has 0 bridgehead atoms. The van der Waals surface area contributed by atoms with Crippen molar-refractivity contribution in [2.75, 3.05) is 6.54 Å². The van der Waals surface area contributed by atoms with Crippen molar-refractivity contribution in [2.24, 2.45) is 16.6 Å². The standard InChI is InChI=1S/C5H9N3O/c1-3-2-7-5(6)8-4(3)9/h3H,2H2,1H3,(H3,6,7,8,9). The molecule has 0 aromatic heterocycles. The van der Waals surface area contributed by atoms with Crippen molar-refractivity contribution in [3.63, 3.8) is 0 Å². The number of nitrogens with one attached hydrogen (secondary N) is 1. The van der Waals surface area contributed by atoms with Gasteiger partial charge in [-0.15, -0.1) is 0 Å². The van der Waals surface area contributed by atoms with Crippen LogP contribution in [0.3, 0.4) is 0 Å². The number of carbonyl (C=O) groups excluding carboxylic acids is 1. The summed E-state index contributed by atoms with van der Waals surface area (Å²) in [6.45, 7) is 2.32. The van der Waals surface area contributed by atoms with Crippen molar-refractivity contribution >= 4 is 11.9 Å². The third-order valence-electron chi connectivity index (χ3n) is 1.23. The lowest BCUT2D eigenvalue weighted by molar-refractivity contribution is -0.123. The molecule has 0 aromatic rings. The van der Waals surface area contributed by atoms with Gasteiger partial charge in [-0.2, -0.15) is 0 Å². The molecule has 1 heterocycles. The minimum atomic E-state index is -0.0394. The zero-order valence-electron chi connectivity index (χ0n) is 5.22. The summed E-state index contributed by atoms with van der Waals surface area (Å²) in [4.78, 5) is 14.6. The summed E-state index contributed by atoms with van der Waals surface area (Å²) in [6, 6.07) is 0. The van der Waals surface area contributed by atoms with Gasteiger partial charge in [0.05, 0.1) is 12.5 Å². The van der Waals surface area contributed by atoms with Gasteiger partial charge >= 0.3 is 0 Å². The summed E-state index contributed by atoms with van der Waals surface area (Å²) in [5, 5.41) is 2.42. The molecule has 9 heavy (non-hydrogen) atoms. The monoisotopic (exact) mass is 127 g/mol. The van der Waals surface area contributed by atoms with Crippen LogP contribution in [0.1, 0.15) is 6.92 Å². The molecular weight excluding hydrogens is 118 g/mol. The van der Waals surface area contributed by atoms with E-state index in [1.807, 2.05) is 6.92 Å². The number of hydrogen-bond acceptors (Lipinski definition) is 3. The second-order valence-corrected chi connectivity index (χ2v) is 2.12. The van der Waals surface area contributed by atoms with E-state index in [0.29, 0.717) is 6.54 Å². The largest absolute Gasteiger partial charge is 0.370 e. The van der Waals surface area contributed by atoms with Gasteiger partial charge in [-0.3, -0.25) is 15.1 Å². The minimum absolute atomic E-state index is 0.0303. The maximum Gasteiger partial charge on any atom is 0.231 e. The van der Waals surface area contributed by atoms with Gasteiger partial charge < -0.3 is 5.73 Å². The van der Waals surface area contributed by atoms with Crippen LogP contribution in [-0.2, 0) is 4.79 Å². The quantitative estimate of drug-likeness (QED) is 0.441. The van der Waals surface area contributed by atoms with E-state index in [2.05, 4.69) is 10.3 Å². The third kappa shape index (κ3) is 1.19. The molecule has 1 aliphatic heterocycles. The van der Waals surface area contributed by atoms with Gasteiger partial charge in [-0.05, 0) is 0 Å². The van der Waals surface area contributed by atoms with Gasteiger partial charge in [-0.25, -0.2) is 0 Å². The molecule has 1 aliphatic rings. The lowest BCUT2D eigenvalue weighted by atomic mass is 10.1. The van der Waals surface area contributed by atoms with E-state index in [1.54, 1.807) is 0 Å². The Morgan fingerprint density at radius 2 is 2.56 bits per heavy atom. The summed E-state index contributed by atoms with van der Waals surface area (Å²) in [5.74, 6) is 0.165. The van der Waals surface area contributed by atoms with E-state index in [1.165, 1.54) is 0 Å². The molecule has 1 rings (SSSR count). The Kier molecular flexibility index (Phi) is 1.38. The number of carbonyl (C=O) groups is 1. The molecule has 0 aromatic carbocycles. The first-order valence-electron chi connectivity index (χ1n) is 2.81. The highest BCUT2D eigenvalue weighted by Crippen LogP contribution is 1.98. The molecule has 4 nitrogen and oxygen atoms in total. The van der Waals surface area contributed by atoms with Crippen LogP contribution in [0, 0.1) is 5.92 Å². The van der Waals surface area contributed by atoms with E-state index in [9.17, 15) is 4.79 Å². The number of nitrogens with zero attached hydrogens (tertiary/aromatic N) is 1. The molecule has 0 radical (unpaired) electrons. The molecule has 1 unspecified atom stereocenters. The van der Waals surface area contributed by atoms with Crippen molar-refractivity contribution in [3.8, 4) is 0 Å². The summed E-state index contributed by atoms with van der Waals surface area (Å²) < 4.78 is 0. The van der Waals surface area contributed by atoms with Crippen molar-refractivity contribution in [1.82, 2.24) is 5.32 Å². The average molecular weight is 127 g/mol. The zero-order chi connectivity index (χ0) is 6.85. The van der Waals surface area contributed by atoms with Gasteiger partial charge in [0.25, 0.3) is 0 Å². The minimum Gasteiger partial charge on any atom is -0.370 e. The van der Waals surface area contributed by atoms with E-state index < -0.39 is 0 Å². The van der Waals surface area contributed by atoms with Crippen LogP contribution in [-0.4, -0.2) is 18.4 Å². The van der Waals surface area contributed by atoms with Crippen molar-refractivity contribution in [2.45, 2.75) is 6.92 Å². The highest BCUT2D eigenvalue weighted by molar-refractivity contribution is 5.98. The number of aliphatic imine (C=N–C) groups is 1. The van der Waals surface area contributed by atoms with E-state index >= 15 is 0 Å². The number of nitrogens with two attached hydrogens (primary N) is 1. The lowest BCUT2D eigenvalue weighted by Gasteiger charge is -2.14. The zero-order valence-corrected chi connectivity index (χ0v) is 5.22. The smallest absolute Gasteiger partial charge is 0.231 e. The molecule has 0 aliphatic carbocycles. The maximum atomic E-state index is 10.7. The van der Waals surface area contributed by atoms with Crippen molar-refractivity contribution in [3.05, 3.63) is 0 Å². The maximum absolute atomic E-state index is 10.7. The van der Waals surface area contributed by atoms with E-state index in [0.717, 1.165) is 0 Å². The Bertz CT molecular complexity index is 164. The number of rotatable bonds is 0. The summed E-state index contributed by atoms with van der Waals surface area (Å²) in [7, 11) is 0. The van der Waals surface area contributed by atoms with Gasteiger partial charge in [0.15, 0.2) is 5.96 Å². The average Bonchev–Trinajstić information content (AvgIpc) is 1.80. The van der Waals surface area contributed by atoms with Crippen LogP contribution in [0.25, 0.3) is 0 Å². The summed E-state index contributed by atoms with van der Waals surface area (Å²) >= 11 is 0. The SMILES string of the molecule is CC1CN=C(N)NC1=O. The predicted molar refractivity (Wildman–Crippen MR) is 33.8 cm³/mol. The van der Waals surface area contributed by atoms with Gasteiger partial charge in [0.1, 0.15) is 0 Å². The second-order valence-electron chi connectivity index (χ2n) is 2.12. The molecule has 1 atom stereocenters. The Morgan fingerprint density at radius 1 is 1.89 bits per heavy atom. The molecular formula is C5H9N3O. The fourth-order valence-corrected chi connectivity index (χ4v) is 0.607.